The molecule has 0 aromatic rings. The standard InChI is InChI=1S/2C9H11.C4H11Si.2HI.Zr/c2*1-2-5-9-7-3-6-8(9)4-1;1-3-5-4-2;;;/h2*1-2,4,6,9H,3,5,7H2;5H,3-4H2,1-2H3;2*1H;/q2*-1;;;;+4/p-2. The van der Waals surface area contributed by atoms with Gasteiger partial charge < -0.3 is 48.0 Å². The summed E-state index contributed by atoms with van der Waals surface area (Å²) in [6.07, 6.45) is 26.1. The van der Waals surface area contributed by atoms with Gasteiger partial charge in [0.05, 0.1) is 0 Å². The molecule has 2 atom stereocenters. The first-order valence-electron chi connectivity index (χ1n) is 9.56. The predicted molar refractivity (Wildman–Crippen MR) is 106 cm³/mol. The van der Waals surface area contributed by atoms with Crippen LogP contribution in [0, 0.1) is 24.7 Å². The van der Waals surface area contributed by atoms with Crippen molar-refractivity contribution in [2.24, 2.45) is 11.8 Å². The van der Waals surface area contributed by atoms with Gasteiger partial charge in [-0.2, -0.15) is 0 Å². The third-order valence-corrected chi connectivity index (χ3v) is 6.16. The summed E-state index contributed by atoms with van der Waals surface area (Å²) in [4.78, 5) is 0. The molecule has 2 saturated carbocycles. The van der Waals surface area contributed by atoms with E-state index in [1.165, 1.54) is 50.6 Å². The van der Waals surface area contributed by atoms with Crippen LogP contribution in [0.4, 0.5) is 0 Å². The van der Waals surface area contributed by atoms with E-state index in [1.54, 1.807) is 11.1 Å². The van der Waals surface area contributed by atoms with Crippen LogP contribution < -0.4 is 48.0 Å². The van der Waals surface area contributed by atoms with Crippen LogP contribution in [0.2, 0.25) is 12.1 Å². The van der Waals surface area contributed by atoms with Crippen molar-refractivity contribution in [2.75, 3.05) is 0 Å². The molecule has 4 aliphatic rings. The normalized spacial score (nSPS) is 23.2. The van der Waals surface area contributed by atoms with E-state index in [-0.39, 0.29) is 74.2 Å². The average Bonchev–Trinajstić information content (AvgIpc) is 3.26. The smallest absolute Gasteiger partial charge is 1.00 e. The average molecular weight is 671 g/mol. The van der Waals surface area contributed by atoms with Gasteiger partial charge in [-0.25, -0.2) is 36.1 Å². The van der Waals surface area contributed by atoms with Gasteiger partial charge in [-0.3, -0.25) is 0 Å². The molecule has 0 bridgehead atoms. The number of hydrogen-bond acceptors (Lipinski definition) is 0. The van der Waals surface area contributed by atoms with Gasteiger partial charge in [0.25, 0.3) is 0 Å². The van der Waals surface area contributed by atoms with Crippen molar-refractivity contribution < 1.29 is 74.2 Å². The van der Waals surface area contributed by atoms with Crippen molar-refractivity contribution in [1.29, 1.82) is 0 Å². The Morgan fingerprint density at radius 2 is 1.27 bits per heavy atom. The second-order valence-corrected chi connectivity index (χ2v) is 8.93. The Labute approximate surface area is 218 Å². The summed E-state index contributed by atoms with van der Waals surface area (Å²) >= 11 is 0. The topological polar surface area (TPSA) is 0 Å². The fourth-order valence-corrected chi connectivity index (χ4v) is 4.20. The Morgan fingerprint density at radius 1 is 0.846 bits per heavy atom. The van der Waals surface area contributed by atoms with E-state index in [0.29, 0.717) is 0 Å². The first kappa shape index (κ1) is 29.5. The maximum Gasteiger partial charge on any atom is 4.00 e. The second kappa shape index (κ2) is 18.3. The van der Waals surface area contributed by atoms with Gasteiger partial charge >= 0.3 is 26.2 Å². The molecule has 143 valence electrons. The Balaban J connectivity index is 0. The van der Waals surface area contributed by atoms with E-state index < -0.39 is 0 Å². The quantitative estimate of drug-likeness (QED) is 0.225. The van der Waals surface area contributed by atoms with E-state index in [4.69, 9.17) is 0 Å². The first-order chi connectivity index (χ1) is 11.3. The van der Waals surface area contributed by atoms with E-state index in [1.807, 2.05) is 0 Å². The van der Waals surface area contributed by atoms with Crippen LogP contribution in [0.3, 0.4) is 0 Å². The number of allylic oxidation sites excluding steroid dienone is 8. The molecule has 0 aliphatic heterocycles. The molecule has 0 nitrogen and oxygen atoms in total. The first-order valence-corrected chi connectivity index (χ1v) is 11.2. The van der Waals surface area contributed by atoms with Gasteiger partial charge in [-0.05, 0) is 24.7 Å². The molecule has 4 heteroatoms. The molecule has 0 aromatic heterocycles. The molecule has 0 N–H and O–H groups in total. The minimum Gasteiger partial charge on any atom is -1.00 e. The van der Waals surface area contributed by atoms with E-state index in [0.717, 1.165) is 21.4 Å². The van der Waals surface area contributed by atoms with E-state index in [9.17, 15) is 0 Å². The van der Waals surface area contributed by atoms with Crippen LogP contribution >= 0.6 is 0 Å². The van der Waals surface area contributed by atoms with Crippen molar-refractivity contribution in [2.45, 2.75) is 64.5 Å². The number of halogens is 2. The van der Waals surface area contributed by atoms with Crippen LogP contribution in [-0.2, 0) is 26.2 Å². The maximum atomic E-state index is 2.37. The Kier molecular flexibility index (Phi) is 20.7. The van der Waals surface area contributed by atoms with Gasteiger partial charge in [-0.1, -0.05) is 38.8 Å². The van der Waals surface area contributed by atoms with E-state index >= 15 is 0 Å². The zero-order chi connectivity index (χ0) is 16.3. The molecule has 0 saturated heterocycles. The summed E-state index contributed by atoms with van der Waals surface area (Å²) < 4.78 is 0. The Hall–Kier alpha value is 1.26. The Bertz CT molecular complexity index is 427. The third kappa shape index (κ3) is 10.7. The molecular weight excluding hydrogens is 637 g/mol. The van der Waals surface area contributed by atoms with Crippen LogP contribution in [0.25, 0.3) is 0 Å². The minimum absolute atomic E-state index is 0. The number of hydrogen-bond donors (Lipinski definition) is 0. The van der Waals surface area contributed by atoms with Crippen molar-refractivity contribution in [3.8, 4) is 0 Å². The molecule has 2 fully saturated rings. The summed E-state index contributed by atoms with van der Waals surface area (Å²) in [5.74, 6) is 1.77. The van der Waals surface area contributed by atoms with Crippen LogP contribution in [0.15, 0.2) is 47.6 Å². The molecule has 0 aromatic carbocycles. The molecule has 0 heterocycles. The van der Waals surface area contributed by atoms with Gasteiger partial charge in [0, 0.05) is 9.52 Å². The van der Waals surface area contributed by atoms with Gasteiger partial charge in [0.2, 0.25) is 0 Å². The maximum absolute atomic E-state index is 2.37. The molecule has 0 spiro atoms. The fraction of sp³-hybridized carbons (Fsp3) is 0.545. The zero-order valence-corrected chi connectivity index (χ0v) is 24.2. The summed E-state index contributed by atoms with van der Waals surface area (Å²) in [6.45, 7) is 4.50. The Morgan fingerprint density at radius 3 is 1.58 bits per heavy atom. The monoisotopic (exact) mass is 669 g/mol. The SMILES string of the molecule is C1=CCC2CC[CH-]C2=C1.C1=CCC2CC[CH-]C2=C1.CC[SiH]CC.[I-].[I-].[Zr+4]. The minimum atomic E-state index is 0. The van der Waals surface area contributed by atoms with Crippen molar-refractivity contribution in [3.63, 3.8) is 0 Å². The molecule has 4 aliphatic carbocycles. The molecule has 4 rings (SSSR count). The molecule has 0 amide bonds. The fourth-order valence-electron chi connectivity index (χ4n) is 3.62. The van der Waals surface area contributed by atoms with Crippen molar-refractivity contribution in [1.82, 2.24) is 0 Å². The molecule has 26 heavy (non-hydrogen) atoms. The molecule has 1 radical (unpaired) electrons. The second-order valence-electron chi connectivity index (χ2n) is 6.72. The summed E-state index contributed by atoms with van der Waals surface area (Å²) in [5, 5.41) is 0. The van der Waals surface area contributed by atoms with Crippen molar-refractivity contribution >= 4 is 9.52 Å². The summed E-state index contributed by atoms with van der Waals surface area (Å²) in [5.41, 5.74) is 3.16. The number of fused-ring (bicyclic) bond motifs is 2. The van der Waals surface area contributed by atoms with Gasteiger partial charge in [0.1, 0.15) is 0 Å². The van der Waals surface area contributed by atoms with Crippen LogP contribution in [0.1, 0.15) is 52.4 Å². The van der Waals surface area contributed by atoms with Crippen LogP contribution in [-0.4, -0.2) is 9.52 Å². The molecule has 2 unspecified atom stereocenters. The van der Waals surface area contributed by atoms with Gasteiger partial charge in [-0.15, -0.1) is 37.1 Å². The number of rotatable bonds is 2. The summed E-state index contributed by atoms with van der Waals surface area (Å²) in [6, 6.07) is 2.85. The van der Waals surface area contributed by atoms with Crippen LogP contribution in [0.5, 0.6) is 0 Å². The largest absolute Gasteiger partial charge is 4.00 e. The zero-order valence-electron chi connectivity index (χ0n) is 16.3. The van der Waals surface area contributed by atoms with Crippen molar-refractivity contribution in [3.05, 3.63) is 60.4 Å². The summed E-state index contributed by atoms with van der Waals surface area (Å²) in [7, 11) is 0.815. The molecular formula is C22H33I2SiZr. The third-order valence-electron chi connectivity index (χ3n) is 5.00. The van der Waals surface area contributed by atoms with Gasteiger partial charge in [0.15, 0.2) is 0 Å². The predicted octanol–water partition coefficient (Wildman–Crippen LogP) is 0.279. The van der Waals surface area contributed by atoms with E-state index in [2.05, 4.69) is 63.1 Å².